The Morgan fingerprint density at radius 3 is 1.50 bits per heavy atom. The first-order valence-electron chi connectivity index (χ1n) is 5.32. The van der Waals surface area contributed by atoms with E-state index in [0.717, 1.165) is 12.8 Å². The summed E-state index contributed by atoms with van der Waals surface area (Å²) >= 11 is 0. The van der Waals surface area contributed by atoms with Gasteiger partial charge in [0.2, 0.25) is 0 Å². The second-order valence-corrected chi connectivity index (χ2v) is 3.31. The molecule has 1 aromatic carbocycles. The van der Waals surface area contributed by atoms with Crippen LogP contribution in [0, 0.1) is 0 Å². The number of rotatable bonds is 5. The van der Waals surface area contributed by atoms with Crippen LogP contribution in [0.15, 0.2) is 49.6 Å². The van der Waals surface area contributed by atoms with Gasteiger partial charge in [-0.15, -0.1) is 13.2 Å². The van der Waals surface area contributed by atoms with E-state index in [1.165, 1.54) is 24.3 Å². The molecule has 18 heavy (non-hydrogen) atoms. The quantitative estimate of drug-likeness (QED) is 0.619. The first-order valence-corrected chi connectivity index (χ1v) is 5.32. The number of hydrogen-bond acceptors (Lipinski definition) is 2. The number of carboxylic acids is 2. The van der Waals surface area contributed by atoms with Gasteiger partial charge < -0.3 is 10.2 Å². The van der Waals surface area contributed by atoms with Crippen LogP contribution in [0.5, 0.6) is 0 Å². The number of allylic oxidation sites excluding steroid dienone is 2. The van der Waals surface area contributed by atoms with Crippen molar-refractivity contribution in [2.24, 2.45) is 0 Å². The molecule has 0 aliphatic rings. The highest BCUT2D eigenvalue weighted by atomic mass is 16.4. The van der Waals surface area contributed by atoms with E-state index in [0.29, 0.717) is 0 Å². The molecule has 0 aliphatic carbocycles. The Morgan fingerprint density at radius 1 is 0.944 bits per heavy atom. The van der Waals surface area contributed by atoms with Crippen molar-refractivity contribution in [1.82, 2.24) is 0 Å². The second kappa shape index (κ2) is 8.75. The minimum Gasteiger partial charge on any atom is -0.478 e. The minimum atomic E-state index is -1.23. The first-order chi connectivity index (χ1) is 8.54. The lowest BCUT2D eigenvalue weighted by Crippen LogP contribution is -2.06. The van der Waals surface area contributed by atoms with Gasteiger partial charge in [-0.25, -0.2) is 9.59 Å². The summed E-state index contributed by atoms with van der Waals surface area (Å²) in [6.45, 7) is 7.10. The van der Waals surface area contributed by atoms with Gasteiger partial charge in [-0.2, -0.15) is 0 Å². The standard InChI is InChI=1S/C8H6O4.C6H10/c9-7(10)5-3-1-2-4-6(5)8(11)12;1-3-5-6-4-2/h1-4H,(H,9,10)(H,11,12);3-4H,1-2,5-6H2. The lowest BCUT2D eigenvalue weighted by Gasteiger charge is -1.98. The topological polar surface area (TPSA) is 74.6 Å². The molecule has 0 aromatic heterocycles. The number of carboxylic acid groups (broad SMARTS) is 2. The zero-order chi connectivity index (χ0) is 14.0. The Labute approximate surface area is 106 Å². The maximum atomic E-state index is 10.5. The molecule has 0 saturated heterocycles. The molecular weight excluding hydrogens is 232 g/mol. The van der Waals surface area contributed by atoms with Crippen molar-refractivity contribution >= 4 is 11.9 Å². The maximum absolute atomic E-state index is 10.5. The van der Waals surface area contributed by atoms with Crippen molar-refractivity contribution in [3.05, 3.63) is 60.7 Å². The van der Waals surface area contributed by atoms with Crippen LogP contribution in [0.4, 0.5) is 0 Å². The Balaban J connectivity index is 0.000000411. The van der Waals surface area contributed by atoms with Crippen molar-refractivity contribution in [2.45, 2.75) is 12.8 Å². The predicted octanol–water partition coefficient (Wildman–Crippen LogP) is 3.22. The van der Waals surface area contributed by atoms with E-state index in [4.69, 9.17) is 10.2 Å². The molecule has 0 bridgehead atoms. The predicted molar refractivity (Wildman–Crippen MR) is 70.0 cm³/mol. The Morgan fingerprint density at radius 2 is 1.28 bits per heavy atom. The fourth-order valence-corrected chi connectivity index (χ4v) is 1.09. The van der Waals surface area contributed by atoms with Gasteiger partial charge in [0.15, 0.2) is 0 Å². The fraction of sp³-hybridized carbons (Fsp3) is 0.143. The number of carbonyl (C=O) groups is 2. The highest BCUT2D eigenvalue weighted by Gasteiger charge is 2.13. The summed E-state index contributed by atoms with van der Waals surface area (Å²) < 4.78 is 0. The van der Waals surface area contributed by atoms with Gasteiger partial charge >= 0.3 is 11.9 Å². The summed E-state index contributed by atoms with van der Waals surface area (Å²) in [6.07, 6.45) is 5.90. The molecular formula is C14H16O4. The van der Waals surface area contributed by atoms with Crippen molar-refractivity contribution < 1.29 is 19.8 Å². The lowest BCUT2D eigenvalue weighted by molar-refractivity contribution is 0.0651. The molecule has 0 radical (unpaired) electrons. The SMILES string of the molecule is C=CCCC=C.O=C(O)c1ccccc1C(=O)O. The van der Waals surface area contributed by atoms with Crippen molar-refractivity contribution in [1.29, 1.82) is 0 Å². The third-order valence-corrected chi connectivity index (χ3v) is 1.96. The van der Waals surface area contributed by atoms with Gasteiger partial charge in [0.1, 0.15) is 0 Å². The van der Waals surface area contributed by atoms with Crippen molar-refractivity contribution in [3.8, 4) is 0 Å². The van der Waals surface area contributed by atoms with Crippen molar-refractivity contribution in [2.75, 3.05) is 0 Å². The normalized spacial score (nSPS) is 8.67. The molecule has 0 saturated carbocycles. The number of aromatic carboxylic acids is 2. The highest BCUT2D eigenvalue weighted by Crippen LogP contribution is 2.07. The smallest absolute Gasteiger partial charge is 0.336 e. The Kier molecular flexibility index (Phi) is 7.61. The van der Waals surface area contributed by atoms with Crippen LogP contribution in [0.25, 0.3) is 0 Å². The molecule has 0 amide bonds. The number of hydrogen-bond donors (Lipinski definition) is 2. The average molecular weight is 248 g/mol. The number of benzene rings is 1. The summed E-state index contributed by atoms with van der Waals surface area (Å²) in [5, 5.41) is 17.1. The largest absolute Gasteiger partial charge is 0.478 e. The van der Waals surface area contributed by atoms with Crippen LogP contribution in [0.1, 0.15) is 33.6 Å². The Bertz CT molecular complexity index is 394. The van der Waals surface area contributed by atoms with Crippen LogP contribution < -0.4 is 0 Å². The molecule has 2 N–H and O–H groups in total. The number of unbranched alkanes of at least 4 members (excludes halogenated alkanes) is 1. The molecule has 0 atom stereocenters. The van der Waals surface area contributed by atoms with E-state index in [2.05, 4.69) is 13.2 Å². The van der Waals surface area contributed by atoms with E-state index in [9.17, 15) is 9.59 Å². The molecule has 4 heteroatoms. The third kappa shape index (κ3) is 5.65. The third-order valence-electron chi connectivity index (χ3n) is 1.96. The maximum Gasteiger partial charge on any atom is 0.336 e. The van der Waals surface area contributed by atoms with Gasteiger partial charge in [0, 0.05) is 0 Å². The molecule has 96 valence electrons. The van der Waals surface area contributed by atoms with Gasteiger partial charge in [-0.3, -0.25) is 0 Å². The van der Waals surface area contributed by atoms with E-state index in [1.807, 2.05) is 12.2 Å². The summed E-state index contributed by atoms with van der Waals surface area (Å²) in [4.78, 5) is 20.9. The molecule has 4 nitrogen and oxygen atoms in total. The van der Waals surface area contributed by atoms with E-state index >= 15 is 0 Å². The summed E-state index contributed by atoms with van der Waals surface area (Å²) in [7, 11) is 0. The van der Waals surface area contributed by atoms with Crippen LogP contribution >= 0.6 is 0 Å². The molecule has 0 spiro atoms. The van der Waals surface area contributed by atoms with Gasteiger partial charge in [-0.1, -0.05) is 24.3 Å². The second-order valence-electron chi connectivity index (χ2n) is 3.31. The van der Waals surface area contributed by atoms with Gasteiger partial charge in [-0.05, 0) is 25.0 Å². The molecule has 0 aliphatic heterocycles. The summed E-state index contributed by atoms with van der Waals surface area (Å²) in [5.74, 6) is -2.46. The van der Waals surface area contributed by atoms with Gasteiger partial charge in [0.05, 0.1) is 11.1 Å². The molecule has 0 fully saturated rings. The van der Waals surface area contributed by atoms with E-state index < -0.39 is 11.9 Å². The summed E-state index contributed by atoms with van der Waals surface area (Å²) in [6, 6.07) is 5.48. The molecule has 0 heterocycles. The Hall–Kier alpha value is -2.36. The highest BCUT2D eigenvalue weighted by molar-refractivity contribution is 6.01. The van der Waals surface area contributed by atoms with Crippen LogP contribution in [-0.2, 0) is 0 Å². The molecule has 1 aromatic rings. The van der Waals surface area contributed by atoms with Crippen LogP contribution in [-0.4, -0.2) is 22.2 Å². The molecule has 0 unspecified atom stereocenters. The lowest BCUT2D eigenvalue weighted by atomic mass is 10.1. The minimum absolute atomic E-state index is 0.190. The van der Waals surface area contributed by atoms with Crippen LogP contribution in [0.2, 0.25) is 0 Å². The van der Waals surface area contributed by atoms with E-state index in [-0.39, 0.29) is 11.1 Å². The monoisotopic (exact) mass is 248 g/mol. The van der Waals surface area contributed by atoms with Crippen molar-refractivity contribution in [3.63, 3.8) is 0 Å². The fourth-order valence-electron chi connectivity index (χ4n) is 1.09. The summed E-state index contributed by atoms with van der Waals surface area (Å²) in [5.41, 5.74) is -0.380. The first kappa shape index (κ1) is 15.6. The van der Waals surface area contributed by atoms with Crippen LogP contribution in [0.3, 0.4) is 0 Å². The zero-order valence-electron chi connectivity index (χ0n) is 10.0. The zero-order valence-corrected chi connectivity index (χ0v) is 10.0. The molecule has 1 rings (SSSR count). The average Bonchev–Trinajstić information content (AvgIpc) is 2.37. The van der Waals surface area contributed by atoms with E-state index in [1.54, 1.807) is 0 Å². The van der Waals surface area contributed by atoms with Gasteiger partial charge in [0.25, 0.3) is 0 Å².